The van der Waals surface area contributed by atoms with E-state index in [1.54, 1.807) is 16.5 Å². The molecule has 41 heavy (non-hydrogen) atoms. The van der Waals surface area contributed by atoms with Crippen molar-refractivity contribution in [3.63, 3.8) is 0 Å². The minimum atomic E-state index is -1.16. The summed E-state index contributed by atoms with van der Waals surface area (Å²) in [5, 5.41) is 14.2. The number of nitrogens with one attached hydrogen (secondary N) is 1. The van der Waals surface area contributed by atoms with E-state index in [1.165, 1.54) is 11.3 Å². The molecule has 0 fully saturated rings. The first-order valence-electron chi connectivity index (χ1n) is 13.5. The highest BCUT2D eigenvalue weighted by Crippen LogP contribution is 2.29. The summed E-state index contributed by atoms with van der Waals surface area (Å²) in [4.78, 5) is 36.4. The van der Waals surface area contributed by atoms with Crippen LogP contribution in [-0.4, -0.2) is 56.3 Å². The quantitative estimate of drug-likeness (QED) is 0.241. The minimum Gasteiger partial charge on any atom is -0.378 e. The molecule has 1 unspecified atom stereocenters. The van der Waals surface area contributed by atoms with E-state index < -0.39 is 5.54 Å². The number of hydrogen-bond donors (Lipinski definition) is 1. The highest BCUT2D eigenvalue weighted by molar-refractivity contribution is 7.09. The Morgan fingerprint density at radius 2 is 1.68 bits per heavy atom. The second-order valence-electron chi connectivity index (χ2n) is 10.2. The number of aromatic nitrogens is 4. The van der Waals surface area contributed by atoms with Gasteiger partial charge < -0.3 is 15.1 Å². The van der Waals surface area contributed by atoms with E-state index in [0.29, 0.717) is 17.6 Å². The van der Waals surface area contributed by atoms with Crippen molar-refractivity contribution in [1.82, 2.24) is 24.9 Å². The van der Waals surface area contributed by atoms with Crippen LogP contribution in [-0.2, 0) is 22.7 Å². The van der Waals surface area contributed by atoms with Gasteiger partial charge in [0.05, 0.1) is 17.8 Å². The fourth-order valence-corrected chi connectivity index (χ4v) is 5.42. The van der Waals surface area contributed by atoms with E-state index in [0.717, 1.165) is 27.5 Å². The lowest BCUT2D eigenvalue weighted by molar-refractivity contribution is -0.146. The van der Waals surface area contributed by atoms with Gasteiger partial charge in [-0.05, 0) is 49.7 Å². The summed E-state index contributed by atoms with van der Waals surface area (Å²) in [6.45, 7) is 3.84. The lowest BCUT2D eigenvalue weighted by Crippen LogP contribution is -2.57. The zero-order valence-corrected chi connectivity index (χ0v) is 24.4. The molecule has 0 saturated heterocycles. The number of benzene rings is 3. The van der Waals surface area contributed by atoms with Crippen LogP contribution in [0.15, 0.2) is 84.2 Å². The maximum absolute atomic E-state index is 14.0. The Balaban J connectivity index is 1.46. The van der Waals surface area contributed by atoms with Crippen LogP contribution in [0.2, 0.25) is 0 Å². The Hall–Kier alpha value is -4.57. The van der Waals surface area contributed by atoms with Crippen LogP contribution in [0.3, 0.4) is 0 Å². The largest absolute Gasteiger partial charge is 0.378 e. The van der Waals surface area contributed by atoms with Gasteiger partial charge in [0, 0.05) is 36.4 Å². The van der Waals surface area contributed by atoms with Crippen molar-refractivity contribution < 1.29 is 9.59 Å². The molecule has 210 valence electrons. The van der Waals surface area contributed by atoms with Crippen LogP contribution in [0.4, 0.5) is 11.4 Å². The molecule has 0 spiro atoms. The Morgan fingerprint density at radius 3 is 2.39 bits per heavy atom. The molecule has 5 rings (SSSR count). The lowest BCUT2D eigenvalue weighted by Gasteiger charge is -2.39. The molecule has 1 N–H and O–H groups in total. The average Bonchev–Trinajstić information content (AvgIpc) is 3.63. The standard InChI is InChI=1S/C31H33N7O2S/c1-5-31(2,30(40)32-23-15-17-24(18-16-23)36(3)4)37(19-28-33-26(21-41-28)22-11-7-6-8-12-22)29(39)20-38-27-14-10-9-13-25(27)34-35-38/h6-18,21H,5,19-20H2,1-4H3,(H,32,40). The molecule has 2 heterocycles. The molecule has 5 aromatic rings. The van der Waals surface area contributed by atoms with Crippen molar-refractivity contribution in [3.8, 4) is 11.3 Å². The zero-order valence-electron chi connectivity index (χ0n) is 23.6. The van der Waals surface area contributed by atoms with Gasteiger partial charge in [-0.15, -0.1) is 16.4 Å². The summed E-state index contributed by atoms with van der Waals surface area (Å²) in [6, 6.07) is 25.0. The summed E-state index contributed by atoms with van der Waals surface area (Å²) in [7, 11) is 3.93. The molecular weight excluding hydrogens is 534 g/mol. The number of thiazole rings is 1. The summed E-state index contributed by atoms with van der Waals surface area (Å²) in [5.41, 5.74) is 3.82. The molecule has 0 aliphatic rings. The first-order valence-corrected chi connectivity index (χ1v) is 14.3. The second-order valence-corrected chi connectivity index (χ2v) is 11.2. The van der Waals surface area contributed by atoms with Gasteiger partial charge in [0.2, 0.25) is 11.8 Å². The fraction of sp³-hybridized carbons (Fsp3) is 0.258. The minimum absolute atomic E-state index is 0.0577. The van der Waals surface area contributed by atoms with Crippen LogP contribution in [0.5, 0.6) is 0 Å². The fourth-order valence-electron chi connectivity index (χ4n) is 4.63. The van der Waals surface area contributed by atoms with Crippen molar-refractivity contribution in [2.24, 2.45) is 0 Å². The average molecular weight is 568 g/mol. The van der Waals surface area contributed by atoms with Gasteiger partial charge in [0.1, 0.15) is 22.6 Å². The molecule has 1 atom stereocenters. The van der Waals surface area contributed by atoms with Gasteiger partial charge in [-0.3, -0.25) is 9.59 Å². The van der Waals surface area contributed by atoms with Crippen LogP contribution < -0.4 is 10.2 Å². The van der Waals surface area contributed by atoms with Crippen molar-refractivity contribution in [3.05, 3.63) is 89.3 Å². The van der Waals surface area contributed by atoms with E-state index in [9.17, 15) is 9.59 Å². The number of hydrogen-bond acceptors (Lipinski definition) is 7. The number of anilines is 2. The maximum atomic E-state index is 14.0. The molecule has 9 nitrogen and oxygen atoms in total. The van der Waals surface area contributed by atoms with Crippen LogP contribution in [0.25, 0.3) is 22.3 Å². The van der Waals surface area contributed by atoms with Gasteiger partial charge in [-0.25, -0.2) is 9.67 Å². The predicted molar refractivity (Wildman–Crippen MR) is 164 cm³/mol. The van der Waals surface area contributed by atoms with Gasteiger partial charge in [-0.2, -0.15) is 0 Å². The Morgan fingerprint density at radius 1 is 0.976 bits per heavy atom. The van der Waals surface area contributed by atoms with Crippen LogP contribution >= 0.6 is 11.3 Å². The van der Waals surface area contributed by atoms with Gasteiger partial charge in [0.25, 0.3) is 0 Å². The third-order valence-electron chi connectivity index (χ3n) is 7.34. The number of carbonyl (C=O) groups is 2. The molecule has 10 heteroatoms. The number of para-hydroxylation sites is 1. The number of carbonyl (C=O) groups excluding carboxylic acids is 2. The third kappa shape index (κ3) is 5.97. The number of rotatable bonds is 10. The first-order chi connectivity index (χ1) is 19.8. The van der Waals surface area contributed by atoms with Gasteiger partial charge >= 0.3 is 0 Å². The molecule has 0 bridgehead atoms. The highest BCUT2D eigenvalue weighted by Gasteiger charge is 2.41. The summed E-state index contributed by atoms with van der Waals surface area (Å²) < 4.78 is 1.58. The maximum Gasteiger partial charge on any atom is 0.250 e. The van der Waals surface area contributed by atoms with E-state index >= 15 is 0 Å². The van der Waals surface area contributed by atoms with Crippen molar-refractivity contribution in [1.29, 1.82) is 0 Å². The van der Waals surface area contributed by atoms with E-state index in [4.69, 9.17) is 4.98 Å². The Kier molecular flexibility index (Phi) is 8.11. The smallest absolute Gasteiger partial charge is 0.250 e. The number of fused-ring (bicyclic) bond motifs is 1. The summed E-state index contributed by atoms with van der Waals surface area (Å²) in [6.07, 6.45) is 0.398. The Labute approximate surface area is 243 Å². The van der Waals surface area contributed by atoms with Crippen LogP contribution in [0, 0.1) is 0 Å². The number of amides is 2. The molecule has 0 aliphatic heterocycles. The predicted octanol–water partition coefficient (Wildman–Crippen LogP) is 5.46. The SMILES string of the molecule is CCC(C)(C(=O)Nc1ccc(N(C)C)cc1)N(Cc1nc(-c2ccccc2)cs1)C(=O)Cn1nnc2ccccc21. The monoisotopic (exact) mass is 567 g/mol. The lowest BCUT2D eigenvalue weighted by atomic mass is 9.94. The first kappa shape index (κ1) is 28.0. The van der Waals surface area contributed by atoms with Gasteiger partial charge in [0.15, 0.2) is 0 Å². The molecule has 0 saturated carbocycles. The highest BCUT2D eigenvalue weighted by atomic mass is 32.1. The zero-order chi connectivity index (χ0) is 29.0. The topological polar surface area (TPSA) is 96.2 Å². The molecule has 3 aromatic carbocycles. The van der Waals surface area contributed by atoms with E-state index in [1.807, 2.05) is 110 Å². The molecule has 2 amide bonds. The molecule has 0 radical (unpaired) electrons. The van der Waals surface area contributed by atoms with Crippen LogP contribution in [0.1, 0.15) is 25.3 Å². The Bertz CT molecular complexity index is 1650. The summed E-state index contributed by atoms with van der Waals surface area (Å²) >= 11 is 1.47. The van der Waals surface area contributed by atoms with Crippen molar-refractivity contribution in [2.75, 3.05) is 24.3 Å². The van der Waals surface area contributed by atoms with Gasteiger partial charge in [-0.1, -0.05) is 54.6 Å². The molecule has 0 aliphatic carbocycles. The van der Waals surface area contributed by atoms with E-state index in [-0.39, 0.29) is 24.9 Å². The third-order valence-corrected chi connectivity index (χ3v) is 8.17. The van der Waals surface area contributed by atoms with Crippen molar-refractivity contribution >= 4 is 45.6 Å². The molecule has 2 aromatic heterocycles. The summed E-state index contributed by atoms with van der Waals surface area (Å²) in [5.74, 6) is -0.520. The van der Waals surface area contributed by atoms with E-state index in [2.05, 4.69) is 15.6 Å². The normalized spacial score (nSPS) is 12.6. The number of nitrogens with zero attached hydrogens (tertiary/aromatic N) is 6. The molecular formula is C31H33N7O2S. The van der Waals surface area contributed by atoms with Crippen molar-refractivity contribution in [2.45, 2.75) is 38.9 Å². The second kappa shape index (κ2) is 11.9.